The van der Waals surface area contributed by atoms with Gasteiger partial charge in [-0.2, -0.15) is 0 Å². The molecule has 0 aliphatic carbocycles. The second-order valence-electron chi connectivity index (χ2n) is 13.4. The lowest BCUT2D eigenvalue weighted by Gasteiger charge is -2.21. The second kappa shape index (κ2) is 11.7. The zero-order chi connectivity index (χ0) is 33.0. The Bertz CT molecular complexity index is 2500. The van der Waals surface area contributed by atoms with Crippen LogP contribution in [-0.4, -0.2) is 18.0 Å². The largest absolute Gasteiger partial charge is 0.228 e. The molecule has 0 atom stereocenters. The zero-order valence-corrected chi connectivity index (χ0v) is 28.6. The number of fused-ring (bicyclic) bond motifs is 5. The van der Waals surface area contributed by atoms with Crippen LogP contribution in [0.25, 0.3) is 78.1 Å². The highest BCUT2D eigenvalue weighted by molar-refractivity contribution is 7.05. The van der Waals surface area contributed by atoms with E-state index in [2.05, 4.69) is 177 Å². The molecule has 0 spiro atoms. The van der Waals surface area contributed by atoms with E-state index < -0.39 is 8.07 Å². The summed E-state index contributed by atoms with van der Waals surface area (Å²) in [6.07, 6.45) is 0. The lowest BCUT2D eigenvalue weighted by Crippen LogP contribution is -2.49. The summed E-state index contributed by atoms with van der Waals surface area (Å²) in [4.78, 5) is 10.7. The van der Waals surface area contributed by atoms with Crippen molar-refractivity contribution in [3.63, 3.8) is 0 Å². The topological polar surface area (TPSA) is 25.8 Å². The number of hydrogen-bond donors (Lipinski definition) is 0. The van der Waals surface area contributed by atoms with Gasteiger partial charge in [0.2, 0.25) is 0 Å². The van der Waals surface area contributed by atoms with Crippen LogP contribution in [0.4, 0.5) is 0 Å². The molecule has 2 heterocycles. The molecule has 49 heavy (non-hydrogen) atoms. The Morgan fingerprint density at radius 2 is 0.898 bits per heavy atom. The van der Waals surface area contributed by atoms with Crippen molar-refractivity contribution in [2.24, 2.45) is 0 Å². The Hall–Kier alpha value is -5.90. The second-order valence-corrected chi connectivity index (χ2v) is 17.7. The molecule has 9 rings (SSSR count). The van der Waals surface area contributed by atoms with E-state index in [1.165, 1.54) is 49.3 Å². The van der Waals surface area contributed by atoms with Crippen molar-refractivity contribution in [2.75, 3.05) is 0 Å². The van der Waals surface area contributed by atoms with Crippen molar-refractivity contribution in [2.45, 2.75) is 13.1 Å². The lowest BCUT2D eigenvalue weighted by atomic mass is 9.95. The Balaban J connectivity index is 1.17. The summed E-state index contributed by atoms with van der Waals surface area (Å²) in [6, 6.07) is 61.0. The van der Waals surface area contributed by atoms with E-state index in [9.17, 15) is 0 Å². The van der Waals surface area contributed by atoms with Crippen molar-refractivity contribution < 1.29 is 0 Å². The first-order valence-corrected chi connectivity index (χ1v) is 19.9. The highest BCUT2D eigenvalue weighted by atomic mass is 28.3. The fourth-order valence-corrected chi connectivity index (χ4v) is 10.9. The first kappa shape index (κ1) is 29.3. The van der Waals surface area contributed by atoms with E-state index in [0.29, 0.717) is 0 Å². The highest BCUT2D eigenvalue weighted by Gasteiger charge is 2.39. The van der Waals surface area contributed by atoms with Crippen LogP contribution in [-0.2, 0) is 0 Å². The fourth-order valence-electron chi connectivity index (χ4n) is 7.60. The van der Waals surface area contributed by atoms with Crippen LogP contribution in [0, 0.1) is 0 Å². The van der Waals surface area contributed by atoms with Crippen LogP contribution in [0.5, 0.6) is 0 Å². The van der Waals surface area contributed by atoms with Crippen LogP contribution >= 0.6 is 0 Å². The van der Waals surface area contributed by atoms with Gasteiger partial charge in [-0.25, -0.2) is 9.97 Å². The molecule has 3 heteroatoms. The molecule has 0 saturated carbocycles. The maximum absolute atomic E-state index is 5.36. The molecule has 1 aliphatic rings. The zero-order valence-electron chi connectivity index (χ0n) is 27.6. The van der Waals surface area contributed by atoms with Crippen LogP contribution in [0.2, 0.25) is 13.1 Å². The molecule has 7 aromatic carbocycles. The SMILES string of the molecule is C[Si]1(C)c2ccccc2-c2ccc3c(-c4cccc(-c5cccc(-c6ccc(-c7ccccc7)cc6)c5)c4)nc(-c4ccccc4)nc3c21. The third-order valence-electron chi connectivity index (χ3n) is 10.1. The molecule has 0 fully saturated rings. The molecule has 0 N–H and O–H groups in total. The van der Waals surface area contributed by atoms with Gasteiger partial charge in [-0.15, -0.1) is 0 Å². The molecule has 0 unspecified atom stereocenters. The summed E-state index contributed by atoms with van der Waals surface area (Å²) in [5.41, 5.74) is 14.1. The molecule has 1 aromatic heterocycles. The Kier molecular flexibility index (Phi) is 6.96. The lowest BCUT2D eigenvalue weighted by molar-refractivity contribution is 1.23. The average Bonchev–Trinajstić information content (AvgIpc) is 3.41. The number of nitrogens with zero attached hydrogens (tertiary/aromatic N) is 2. The molecular formula is C46H34N2Si. The minimum absolute atomic E-state index is 0.767. The maximum Gasteiger partial charge on any atom is 0.160 e. The first-order valence-electron chi connectivity index (χ1n) is 16.9. The Morgan fingerprint density at radius 3 is 1.59 bits per heavy atom. The quantitative estimate of drug-likeness (QED) is 0.175. The van der Waals surface area contributed by atoms with Gasteiger partial charge < -0.3 is 0 Å². The first-order chi connectivity index (χ1) is 24.0. The minimum atomic E-state index is -2.01. The molecule has 8 aromatic rings. The summed E-state index contributed by atoms with van der Waals surface area (Å²) < 4.78 is 0. The molecule has 232 valence electrons. The van der Waals surface area contributed by atoms with Gasteiger partial charge in [-0.3, -0.25) is 0 Å². The van der Waals surface area contributed by atoms with Gasteiger partial charge in [-0.05, 0) is 67.0 Å². The van der Waals surface area contributed by atoms with Crippen LogP contribution in [0.1, 0.15) is 0 Å². The van der Waals surface area contributed by atoms with Crippen LogP contribution in [0.3, 0.4) is 0 Å². The van der Waals surface area contributed by atoms with E-state index in [1.807, 2.05) is 6.07 Å². The Morgan fingerprint density at radius 1 is 0.388 bits per heavy atom. The summed E-state index contributed by atoms with van der Waals surface area (Å²) in [5.74, 6) is 0.767. The summed E-state index contributed by atoms with van der Waals surface area (Å²) in [6.45, 7) is 4.92. The number of hydrogen-bond acceptors (Lipinski definition) is 2. The van der Waals surface area contributed by atoms with Gasteiger partial charge in [-0.1, -0.05) is 171 Å². The summed E-state index contributed by atoms with van der Waals surface area (Å²) >= 11 is 0. The third-order valence-corrected chi connectivity index (χ3v) is 13.6. The van der Waals surface area contributed by atoms with E-state index in [1.54, 1.807) is 0 Å². The van der Waals surface area contributed by atoms with Gasteiger partial charge in [0.05, 0.1) is 11.2 Å². The molecule has 1 aliphatic heterocycles. The van der Waals surface area contributed by atoms with Crippen molar-refractivity contribution in [1.29, 1.82) is 0 Å². The standard InChI is InChI=1S/C46H34N2Si/c1-49(2)42-22-10-9-21-39(42)40-27-28-41-43(47-46(48-44(41)45(40)49)34-15-7-4-8-16-34)38-20-12-19-37(30-38)36-18-11-17-35(29-36)33-25-23-32(24-26-33)31-13-5-3-6-14-31/h3-30H,1-2H3. The van der Waals surface area contributed by atoms with E-state index in [-0.39, 0.29) is 0 Å². The molecule has 0 bridgehead atoms. The van der Waals surface area contributed by atoms with Crippen molar-refractivity contribution in [3.8, 4) is 67.2 Å². The fraction of sp³-hybridized carbons (Fsp3) is 0.0435. The number of aromatic nitrogens is 2. The van der Waals surface area contributed by atoms with Gasteiger partial charge >= 0.3 is 0 Å². The van der Waals surface area contributed by atoms with E-state index in [4.69, 9.17) is 9.97 Å². The molecule has 0 amide bonds. The normalized spacial score (nSPS) is 12.9. The minimum Gasteiger partial charge on any atom is -0.228 e. The number of benzene rings is 7. The van der Waals surface area contributed by atoms with Crippen LogP contribution in [0.15, 0.2) is 170 Å². The molecule has 0 saturated heterocycles. The predicted molar refractivity (Wildman–Crippen MR) is 209 cm³/mol. The predicted octanol–water partition coefficient (Wildman–Crippen LogP) is 10.8. The van der Waals surface area contributed by atoms with Gasteiger partial charge in [0, 0.05) is 16.5 Å². The van der Waals surface area contributed by atoms with Gasteiger partial charge in [0.1, 0.15) is 8.07 Å². The number of rotatable bonds is 5. The Labute approximate surface area is 288 Å². The highest BCUT2D eigenvalue weighted by Crippen LogP contribution is 2.37. The van der Waals surface area contributed by atoms with E-state index >= 15 is 0 Å². The van der Waals surface area contributed by atoms with Crippen molar-refractivity contribution in [3.05, 3.63) is 170 Å². The molecule has 2 nitrogen and oxygen atoms in total. The van der Waals surface area contributed by atoms with Gasteiger partial charge in [0.25, 0.3) is 0 Å². The van der Waals surface area contributed by atoms with Crippen LogP contribution < -0.4 is 10.4 Å². The maximum atomic E-state index is 5.36. The summed E-state index contributed by atoms with van der Waals surface area (Å²) in [5, 5.41) is 4.00. The smallest absolute Gasteiger partial charge is 0.160 e. The van der Waals surface area contributed by atoms with E-state index in [0.717, 1.165) is 39.1 Å². The van der Waals surface area contributed by atoms with Crippen molar-refractivity contribution >= 4 is 29.4 Å². The van der Waals surface area contributed by atoms with Crippen molar-refractivity contribution in [1.82, 2.24) is 9.97 Å². The molecule has 0 radical (unpaired) electrons. The van der Waals surface area contributed by atoms with Gasteiger partial charge in [0.15, 0.2) is 5.82 Å². The average molecular weight is 643 g/mol. The third kappa shape index (κ3) is 5.02. The summed E-state index contributed by atoms with van der Waals surface area (Å²) in [7, 11) is -2.01. The monoisotopic (exact) mass is 642 g/mol. The molecular weight excluding hydrogens is 609 g/mol.